The van der Waals surface area contributed by atoms with Crippen molar-refractivity contribution in [1.29, 1.82) is 0 Å². The zero-order valence-electron chi connectivity index (χ0n) is 12.8. The van der Waals surface area contributed by atoms with Crippen molar-refractivity contribution in [2.75, 3.05) is 18.0 Å². The van der Waals surface area contributed by atoms with Crippen LogP contribution in [0.25, 0.3) is 0 Å². The van der Waals surface area contributed by atoms with E-state index in [1.54, 1.807) is 0 Å². The monoisotopic (exact) mass is 266 g/mol. The molecule has 0 bridgehead atoms. The van der Waals surface area contributed by atoms with Crippen molar-refractivity contribution in [3.05, 3.63) is 30.1 Å². The van der Waals surface area contributed by atoms with Gasteiger partial charge in [0.2, 0.25) is 0 Å². The fraction of sp³-hybridized carbons (Fsp3) is 0.625. The summed E-state index contributed by atoms with van der Waals surface area (Å²) >= 11 is 0. The highest BCUT2D eigenvalue weighted by Gasteiger charge is 2.18. The third-order valence-electron chi connectivity index (χ3n) is 3.28. The number of hydrogen-bond acceptors (Lipinski definition) is 2. The summed E-state index contributed by atoms with van der Waals surface area (Å²) < 4.78 is 13.0. The molecule has 3 heteroatoms. The molecule has 0 radical (unpaired) electrons. The van der Waals surface area contributed by atoms with Gasteiger partial charge < -0.3 is 10.2 Å². The number of benzene rings is 1. The molecular formula is C16H27FN2. The van der Waals surface area contributed by atoms with Crippen LogP contribution in [0.5, 0.6) is 0 Å². The number of nitrogens with zero attached hydrogens (tertiary/aromatic N) is 1. The van der Waals surface area contributed by atoms with Crippen molar-refractivity contribution in [3.63, 3.8) is 0 Å². The van der Waals surface area contributed by atoms with Crippen LogP contribution in [0.3, 0.4) is 0 Å². The molecule has 0 heterocycles. The Bertz CT molecular complexity index is 367. The van der Waals surface area contributed by atoms with Crippen LogP contribution < -0.4 is 10.2 Å². The Kier molecular flexibility index (Phi) is 5.80. The summed E-state index contributed by atoms with van der Waals surface area (Å²) in [6.07, 6.45) is 1.06. The summed E-state index contributed by atoms with van der Waals surface area (Å²) in [6, 6.07) is 7.20. The number of halogens is 1. The Morgan fingerprint density at radius 2 is 1.74 bits per heavy atom. The van der Waals surface area contributed by atoms with Crippen LogP contribution in [-0.2, 0) is 0 Å². The van der Waals surface area contributed by atoms with Gasteiger partial charge in [-0.1, -0.05) is 6.92 Å². The van der Waals surface area contributed by atoms with E-state index in [9.17, 15) is 4.39 Å². The van der Waals surface area contributed by atoms with E-state index in [0.717, 1.165) is 25.2 Å². The van der Waals surface area contributed by atoms with E-state index in [2.05, 4.69) is 44.8 Å². The predicted octanol–water partition coefficient (Wildman–Crippen LogP) is 3.82. The summed E-state index contributed by atoms with van der Waals surface area (Å²) in [6.45, 7) is 12.7. The Hall–Kier alpha value is -1.09. The van der Waals surface area contributed by atoms with Gasteiger partial charge in [0, 0.05) is 30.4 Å². The second-order valence-electron chi connectivity index (χ2n) is 5.96. The van der Waals surface area contributed by atoms with E-state index in [0.29, 0.717) is 6.04 Å². The lowest BCUT2D eigenvalue weighted by Crippen LogP contribution is -2.47. The molecule has 1 rings (SSSR count). The van der Waals surface area contributed by atoms with Gasteiger partial charge in [0.15, 0.2) is 0 Å². The molecule has 0 saturated carbocycles. The first-order chi connectivity index (χ1) is 8.87. The lowest BCUT2D eigenvalue weighted by atomic mass is 10.1. The third kappa shape index (κ3) is 5.19. The van der Waals surface area contributed by atoms with E-state index in [1.807, 2.05) is 12.1 Å². The van der Waals surface area contributed by atoms with Gasteiger partial charge in [0.25, 0.3) is 0 Å². The molecule has 0 aliphatic carbocycles. The van der Waals surface area contributed by atoms with Crippen LogP contribution in [0.1, 0.15) is 41.0 Å². The minimum atomic E-state index is -0.180. The van der Waals surface area contributed by atoms with Gasteiger partial charge >= 0.3 is 0 Å². The highest BCUT2D eigenvalue weighted by Crippen LogP contribution is 2.19. The molecule has 0 spiro atoms. The summed E-state index contributed by atoms with van der Waals surface area (Å²) in [5.41, 5.74) is 1.21. The van der Waals surface area contributed by atoms with Crippen molar-refractivity contribution >= 4 is 5.69 Å². The first kappa shape index (κ1) is 16.0. The molecule has 1 atom stereocenters. The van der Waals surface area contributed by atoms with Gasteiger partial charge in [0.1, 0.15) is 5.82 Å². The molecule has 1 unspecified atom stereocenters. The number of rotatable bonds is 6. The van der Waals surface area contributed by atoms with Gasteiger partial charge in [0.05, 0.1) is 0 Å². The number of anilines is 1. The summed E-state index contributed by atoms with van der Waals surface area (Å²) in [5, 5.41) is 3.55. The smallest absolute Gasteiger partial charge is 0.123 e. The standard InChI is InChI=1S/C16H27FN2/c1-6-14(12-18-16(3,4)5)19(7-2)15-10-8-13(17)9-11-15/h8-11,14,18H,6-7,12H2,1-5H3. The molecule has 0 aromatic heterocycles. The first-order valence-corrected chi connectivity index (χ1v) is 7.14. The Labute approximate surface area is 117 Å². The van der Waals surface area contributed by atoms with Gasteiger partial charge in [-0.2, -0.15) is 0 Å². The van der Waals surface area contributed by atoms with Crippen molar-refractivity contribution in [1.82, 2.24) is 5.32 Å². The molecular weight excluding hydrogens is 239 g/mol. The second kappa shape index (κ2) is 6.90. The fourth-order valence-electron chi connectivity index (χ4n) is 2.18. The first-order valence-electron chi connectivity index (χ1n) is 7.14. The highest BCUT2D eigenvalue weighted by molar-refractivity contribution is 5.47. The minimum Gasteiger partial charge on any atom is -0.368 e. The van der Waals surface area contributed by atoms with Crippen LogP contribution in [0.2, 0.25) is 0 Å². The molecule has 2 nitrogen and oxygen atoms in total. The fourth-order valence-corrected chi connectivity index (χ4v) is 2.18. The van der Waals surface area contributed by atoms with Crippen LogP contribution in [0, 0.1) is 5.82 Å². The predicted molar refractivity (Wildman–Crippen MR) is 81.3 cm³/mol. The average Bonchev–Trinajstić information content (AvgIpc) is 2.35. The third-order valence-corrected chi connectivity index (χ3v) is 3.28. The van der Waals surface area contributed by atoms with Crippen LogP contribution in [0.15, 0.2) is 24.3 Å². The maximum atomic E-state index is 13.0. The minimum absolute atomic E-state index is 0.121. The van der Waals surface area contributed by atoms with Crippen LogP contribution in [-0.4, -0.2) is 24.7 Å². The van der Waals surface area contributed by atoms with Crippen molar-refractivity contribution in [2.45, 2.75) is 52.6 Å². The summed E-state index contributed by atoms with van der Waals surface area (Å²) in [7, 11) is 0. The summed E-state index contributed by atoms with van der Waals surface area (Å²) in [4.78, 5) is 2.33. The van der Waals surface area contributed by atoms with E-state index in [1.165, 1.54) is 12.1 Å². The Morgan fingerprint density at radius 3 is 2.16 bits per heavy atom. The maximum Gasteiger partial charge on any atom is 0.123 e. The van der Waals surface area contributed by atoms with E-state index in [-0.39, 0.29) is 11.4 Å². The van der Waals surface area contributed by atoms with E-state index < -0.39 is 0 Å². The van der Waals surface area contributed by atoms with E-state index >= 15 is 0 Å². The summed E-state index contributed by atoms with van der Waals surface area (Å²) in [5.74, 6) is -0.180. The van der Waals surface area contributed by atoms with E-state index in [4.69, 9.17) is 0 Å². The van der Waals surface area contributed by atoms with Crippen molar-refractivity contribution < 1.29 is 4.39 Å². The molecule has 0 aliphatic rings. The number of hydrogen-bond donors (Lipinski definition) is 1. The van der Waals surface area contributed by atoms with Crippen molar-refractivity contribution in [2.24, 2.45) is 0 Å². The lowest BCUT2D eigenvalue weighted by molar-refractivity contribution is 0.394. The molecule has 1 aromatic rings. The molecule has 19 heavy (non-hydrogen) atoms. The Morgan fingerprint density at radius 1 is 1.16 bits per heavy atom. The highest BCUT2D eigenvalue weighted by atomic mass is 19.1. The van der Waals surface area contributed by atoms with Gasteiger partial charge in [-0.15, -0.1) is 0 Å². The lowest BCUT2D eigenvalue weighted by Gasteiger charge is -2.34. The van der Waals surface area contributed by atoms with Gasteiger partial charge in [-0.25, -0.2) is 4.39 Å². The van der Waals surface area contributed by atoms with Crippen LogP contribution >= 0.6 is 0 Å². The molecule has 108 valence electrons. The maximum absolute atomic E-state index is 13.0. The zero-order chi connectivity index (χ0) is 14.5. The van der Waals surface area contributed by atoms with Gasteiger partial charge in [-0.3, -0.25) is 0 Å². The molecule has 0 amide bonds. The largest absolute Gasteiger partial charge is 0.368 e. The topological polar surface area (TPSA) is 15.3 Å². The molecule has 0 saturated heterocycles. The average molecular weight is 266 g/mol. The normalized spacial score (nSPS) is 13.4. The quantitative estimate of drug-likeness (QED) is 0.842. The zero-order valence-corrected chi connectivity index (χ0v) is 12.8. The number of nitrogens with one attached hydrogen (secondary N) is 1. The van der Waals surface area contributed by atoms with Gasteiger partial charge in [-0.05, 0) is 58.4 Å². The molecule has 1 aromatic carbocycles. The van der Waals surface area contributed by atoms with Crippen LogP contribution in [0.4, 0.5) is 10.1 Å². The van der Waals surface area contributed by atoms with Crippen molar-refractivity contribution in [3.8, 4) is 0 Å². The second-order valence-corrected chi connectivity index (χ2v) is 5.96. The SMILES string of the molecule is CCC(CNC(C)(C)C)N(CC)c1ccc(F)cc1. The number of likely N-dealkylation sites (N-methyl/N-ethyl adjacent to an activating group) is 1. The molecule has 0 fully saturated rings. The Balaban J connectivity index is 2.77. The molecule has 1 N–H and O–H groups in total. The molecule has 0 aliphatic heterocycles.